The maximum Gasteiger partial charge on any atom is 0.319 e. The monoisotopic (exact) mass is 368 g/mol. The molecule has 0 radical (unpaired) electrons. The van der Waals surface area contributed by atoms with Gasteiger partial charge in [0.05, 0.1) is 6.10 Å². The molecule has 1 heterocycles. The molecule has 1 saturated heterocycles. The van der Waals surface area contributed by atoms with Crippen LogP contribution in [0.15, 0.2) is 54.6 Å². The lowest BCUT2D eigenvalue weighted by Crippen LogP contribution is -2.35. The van der Waals surface area contributed by atoms with Crippen LogP contribution in [0.4, 0.5) is 21.0 Å². The van der Waals surface area contributed by atoms with Crippen LogP contribution in [0.2, 0.25) is 0 Å². The summed E-state index contributed by atoms with van der Waals surface area (Å²) < 4.78 is 5.47. The van der Waals surface area contributed by atoms with Gasteiger partial charge in [0.2, 0.25) is 0 Å². The van der Waals surface area contributed by atoms with Gasteiger partial charge in [-0.25, -0.2) is 9.59 Å². The number of benzene rings is 2. The Hall–Kier alpha value is -3.06. The molecule has 1 unspecified atom stereocenters. The van der Waals surface area contributed by atoms with Gasteiger partial charge in [0.1, 0.15) is 0 Å². The van der Waals surface area contributed by atoms with Crippen LogP contribution >= 0.6 is 0 Å². The van der Waals surface area contributed by atoms with Crippen molar-refractivity contribution in [2.45, 2.75) is 25.5 Å². The van der Waals surface area contributed by atoms with E-state index in [9.17, 15) is 9.59 Å². The molecule has 4 N–H and O–H groups in total. The van der Waals surface area contributed by atoms with E-state index < -0.39 is 0 Å². The number of nitrogens with one attached hydrogen (secondary N) is 4. The summed E-state index contributed by atoms with van der Waals surface area (Å²) >= 11 is 0. The number of carbonyl (C=O) groups excluding carboxylic acids is 2. The van der Waals surface area contributed by atoms with Crippen LogP contribution in [0.25, 0.3) is 0 Å². The van der Waals surface area contributed by atoms with Crippen molar-refractivity contribution in [1.29, 1.82) is 0 Å². The Morgan fingerprint density at radius 3 is 2.11 bits per heavy atom. The Balaban J connectivity index is 1.39. The third kappa shape index (κ3) is 6.31. The van der Waals surface area contributed by atoms with Crippen molar-refractivity contribution in [3.63, 3.8) is 0 Å². The van der Waals surface area contributed by atoms with Gasteiger partial charge in [0.15, 0.2) is 0 Å². The highest BCUT2D eigenvalue weighted by atomic mass is 16.5. The number of hydrogen-bond donors (Lipinski definition) is 4. The molecule has 0 aliphatic carbocycles. The van der Waals surface area contributed by atoms with Gasteiger partial charge >= 0.3 is 12.1 Å². The zero-order chi connectivity index (χ0) is 18.9. The van der Waals surface area contributed by atoms with Crippen molar-refractivity contribution in [3.05, 3.63) is 60.2 Å². The van der Waals surface area contributed by atoms with Crippen molar-refractivity contribution >= 4 is 23.4 Å². The number of hydrogen-bond acceptors (Lipinski definition) is 3. The lowest BCUT2D eigenvalue weighted by atomic mass is 10.2. The SMILES string of the molecule is O=C(NCc1ccccc1)Nc1ccc(NC(=O)NCC2CCCO2)cc1. The first-order valence-corrected chi connectivity index (χ1v) is 9.04. The number of rotatable bonds is 6. The Morgan fingerprint density at radius 1 is 0.889 bits per heavy atom. The predicted octanol–water partition coefficient (Wildman–Crippen LogP) is 3.31. The molecule has 4 amide bonds. The topological polar surface area (TPSA) is 91.5 Å². The number of ether oxygens (including phenoxy) is 1. The molecular formula is C20H24N4O3. The summed E-state index contributed by atoms with van der Waals surface area (Å²) in [5, 5.41) is 11.1. The second-order valence-corrected chi connectivity index (χ2v) is 6.34. The van der Waals surface area contributed by atoms with Gasteiger partial charge in [0.25, 0.3) is 0 Å². The number of anilines is 2. The van der Waals surface area contributed by atoms with Gasteiger partial charge in [-0.2, -0.15) is 0 Å². The molecule has 142 valence electrons. The Morgan fingerprint density at radius 2 is 1.52 bits per heavy atom. The van der Waals surface area contributed by atoms with Crippen LogP contribution in [0.5, 0.6) is 0 Å². The summed E-state index contributed by atoms with van der Waals surface area (Å²) in [7, 11) is 0. The zero-order valence-electron chi connectivity index (χ0n) is 15.0. The minimum absolute atomic E-state index is 0.108. The largest absolute Gasteiger partial charge is 0.376 e. The molecule has 7 nitrogen and oxygen atoms in total. The minimum atomic E-state index is -0.283. The number of urea groups is 2. The summed E-state index contributed by atoms with van der Waals surface area (Å²) in [6.45, 7) is 1.73. The van der Waals surface area contributed by atoms with Crippen molar-refractivity contribution in [1.82, 2.24) is 10.6 Å². The van der Waals surface area contributed by atoms with Gasteiger partial charge in [-0.05, 0) is 42.7 Å². The summed E-state index contributed by atoms with van der Waals surface area (Å²) in [5.74, 6) is 0. The van der Waals surface area contributed by atoms with E-state index in [1.54, 1.807) is 24.3 Å². The second-order valence-electron chi connectivity index (χ2n) is 6.34. The van der Waals surface area contributed by atoms with Gasteiger partial charge in [-0.15, -0.1) is 0 Å². The van der Waals surface area contributed by atoms with E-state index in [4.69, 9.17) is 4.74 Å². The lowest BCUT2D eigenvalue weighted by molar-refractivity contribution is 0.112. The highest BCUT2D eigenvalue weighted by Crippen LogP contribution is 2.14. The molecule has 2 aromatic carbocycles. The lowest BCUT2D eigenvalue weighted by Gasteiger charge is -2.12. The molecule has 0 bridgehead atoms. The standard InChI is InChI=1S/C20H24N4O3/c25-19(21-13-15-5-2-1-3-6-15)23-16-8-10-17(11-9-16)24-20(26)22-14-18-7-4-12-27-18/h1-3,5-6,8-11,18H,4,7,12-14H2,(H2,21,23,25)(H2,22,24,26). The van der Waals surface area contributed by atoms with Crippen molar-refractivity contribution in [3.8, 4) is 0 Å². The first kappa shape index (κ1) is 18.7. The van der Waals surface area contributed by atoms with Crippen LogP contribution in [-0.4, -0.2) is 31.3 Å². The molecule has 27 heavy (non-hydrogen) atoms. The summed E-state index contributed by atoms with van der Waals surface area (Å²) in [5.41, 5.74) is 2.32. The molecule has 1 aliphatic heterocycles. The molecule has 3 rings (SSSR count). The zero-order valence-corrected chi connectivity index (χ0v) is 15.0. The first-order valence-electron chi connectivity index (χ1n) is 9.04. The van der Waals surface area contributed by atoms with E-state index in [-0.39, 0.29) is 18.2 Å². The molecule has 1 aliphatic rings. The summed E-state index contributed by atoms with van der Waals surface area (Å²) in [6, 6.07) is 16.1. The van der Waals surface area contributed by atoms with E-state index in [1.165, 1.54) is 0 Å². The van der Waals surface area contributed by atoms with Crippen LogP contribution in [0, 0.1) is 0 Å². The molecule has 1 fully saturated rings. The minimum Gasteiger partial charge on any atom is -0.376 e. The third-order valence-electron chi connectivity index (χ3n) is 4.21. The van der Waals surface area contributed by atoms with E-state index in [1.807, 2.05) is 30.3 Å². The van der Waals surface area contributed by atoms with Crippen molar-refractivity contribution in [2.24, 2.45) is 0 Å². The van der Waals surface area contributed by atoms with Gasteiger partial charge < -0.3 is 26.0 Å². The first-order chi connectivity index (χ1) is 13.2. The second kappa shape index (κ2) is 9.59. The molecule has 1 atom stereocenters. The molecule has 7 heteroatoms. The highest BCUT2D eigenvalue weighted by Gasteiger charge is 2.16. The van der Waals surface area contributed by atoms with Crippen LogP contribution in [0.1, 0.15) is 18.4 Å². The molecule has 2 aromatic rings. The van der Waals surface area contributed by atoms with E-state index in [0.29, 0.717) is 24.5 Å². The summed E-state index contributed by atoms with van der Waals surface area (Å²) in [6.07, 6.45) is 2.13. The third-order valence-corrected chi connectivity index (χ3v) is 4.21. The fourth-order valence-electron chi connectivity index (χ4n) is 2.78. The molecule has 0 aromatic heterocycles. The van der Waals surface area contributed by atoms with E-state index in [0.717, 1.165) is 25.0 Å². The van der Waals surface area contributed by atoms with Gasteiger partial charge in [-0.1, -0.05) is 30.3 Å². The average molecular weight is 368 g/mol. The quantitative estimate of drug-likeness (QED) is 0.630. The maximum atomic E-state index is 11.9. The Labute approximate surface area is 158 Å². The van der Waals surface area contributed by atoms with Crippen LogP contribution in [-0.2, 0) is 11.3 Å². The van der Waals surface area contributed by atoms with Gasteiger partial charge in [-0.3, -0.25) is 0 Å². The van der Waals surface area contributed by atoms with E-state index in [2.05, 4.69) is 21.3 Å². The van der Waals surface area contributed by atoms with E-state index >= 15 is 0 Å². The summed E-state index contributed by atoms with van der Waals surface area (Å²) in [4.78, 5) is 23.8. The molecule has 0 saturated carbocycles. The van der Waals surface area contributed by atoms with Crippen molar-refractivity contribution < 1.29 is 14.3 Å². The maximum absolute atomic E-state index is 11.9. The molecule has 0 spiro atoms. The fraction of sp³-hybridized carbons (Fsp3) is 0.300. The number of carbonyl (C=O) groups is 2. The predicted molar refractivity (Wildman–Crippen MR) is 105 cm³/mol. The molecular weight excluding hydrogens is 344 g/mol. The highest BCUT2D eigenvalue weighted by molar-refractivity contribution is 5.91. The Kier molecular flexibility index (Phi) is 6.65. The fourth-order valence-corrected chi connectivity index (χ4v) is 2.78. The van der Waals surface area contributed by atoms with Crippen LogP contribution in [0.3, 0.4) is 0 Å². The smallest absolute Gasteiger partial charge is 0.319 e. The van der Waals surface area contributed by atoms with Gasteiger partial charge in [0, 0.05) is 31.1 Å². The Bertz CT molecular complexity index is 744. The van der Waals surface area contributed by atoms with Crippen LogP contribution < -0.4 is 21.3 Å². The average Bonchev–Trinajstić information content (AvgIpc) is 3.21. The normalized spacial score (nSPS) is 15.8. The van der Waals surface area contributed by atoms with Crippen molar-refractivity contribution in [2.75, 3.05) is 23.8 Å². The number of amides is 4.